The lowest BCUT2D eigenvalue weighted by Crippen LogP contribution is -2.44. The molecular formula is C10H10N2O2S2. The number of aromatic nitrogens is 1. The molecule has 2 aromatic rings. The van der Waals surface area contributed by atoms with E-state index in [4.69, 9.17) is 15.2 Å². The van der Waals surface area contributed by atoms with Crippen molar-refractivity contribution in [3.8, 4) is 11.5 Å². The van der Waals surface area contributed by atoms with Crippen molar-refractivity contribution >= 4 is 34.2 Å². The number of fused-ring (bicyclic) bond motifs is 3. The van der Waals surface area contributed by atoms with Crippen LogP contribution in [0, 0.1) is 6.92 Å². The van der Waals surface area contributed by atoms with Gasteiger partial charge >= 0.3 is 5.91 Å². The van der Waals surface area contributed by atoms with Crippen molar-refractivity contribution in [2.45, 2.75) is 24.7 Å². The van der Waals surface area contributed by atoms with Crippen LogP contribution in [0.5, 0.6) is 11.5 Å². The Morgan fingerprint density at radius 1 is 1.44 bits per heavy atom. The molecule has 0 saturated heterocycles. The van der Waals surface area contributed by atoms with Crippen LogP contribution in [0.1, 0.15) is 12.5 Å². The number of nitrogens with zero attached hydrogens (tertiary/aromatic N) is 1. The second kappa shape index (κ2) is 3.03. The molecule has 1 aromatic carbocycles. The third-order valence-electron chi connectivity index (χ3n) is 2.51. The minimum atomic E-state index is -1.11. The fourth-order valence-corrected chi connectivity index (χ4v) is 2.89. The van der Waals surface area contributed by atoms with Gasteiger partial charge in [-0.15, -0.1) is 24.0 Å². The van der Waals surface area contributed by atoms with Gasteiger partial charge in [0, 0.05) is 17.4 Å². The third kappa shape index (κ3) is 1.24. The van der Waals surface area contributed by atoms with Crippen LogP contribution in [-0.2, 0) is 0 Å². The Morgan fingerprint density at radius 2 is 2.12 bits per heavy atom. The standard InChI is InChI=1S/C10H10N2O2S2/c1-4-6-7(14-10(2,11)13-6)9-5(8(4)15)12-3-16-9/h3,15H,11H2,1-2H3. The highest BCUT2D eigenvalue weighted by atomic mass is 32.1. The fourth-order valence-electron chi connectivity index (χ4n) is 1.78. The maximum absolute atomic E-state index is 5.82. The normalized spacial score (nSPS) is 23.0. The summed E-state index contributed by atoms with van der Waals surface area (Å²) in [6.45, 7) is 3.60. The van der Waals surface area contributed by atoms with Crippen LogP contribution in [0.15, 0.2) is 10.4 Å². The number of thiazole rings is 1. The van der Waals surface area contributed by atoms with Crippen molar-refractivity contribution in [2.75, 3.05) is 0 Å². The number of hydrogen-bond donors (Lipinski definition) is 2. The van der Waals surface area contributed by atoms with Gasteiger partial charge in [0.05, 0.1) is 11.0 Å². The van der Waals surface area contributed by atoms with Crippen LogP contribution >= 0.6 is 24.0 Å². The molecule has 0 saturated carbocycles. The summed E-state index contributed by atoms with van der Waals surface area (Å²) in [5.41, 5.74) is 9.33. The van der Waals surface area contributed by atoms with E-state index >= 15 is 0 Å². The lowest BCUT2D eigenvalue weighted by Gasteiger charge is -2.16. The molecule has 0 fully saturated rings. The molecule has 1 aliphatic rings. The van der Waals surface area contributed by atoms with Crippen LogP contribution in [0.2, 0.25) is 0 Å². The molecular weight excluding hydrogens is 244 g/mol. The molecule has 0 bridgehead atoms. The van der Waals surface area contributed by atoms with Gasteiger partial charge in [-0.25, -0.2) is 4.98 Å². The van der Waals surface area contributed by atoms with Gasteiger partial charge < -0.3 is 9.47 Å². The second-order valence-electron chi connectivity index (χ2n) is 3.88. The van der Waals surface area contributed by atoms with Crippen LogP contribution in [0.3, 0.4) is 0 Å². The van der Waals surface area contributed by atoms with Crippen LogP contribution < -0.4 is 15.2 Å². The summed E-state index contributed by atoms with van der Waals surface area (Å²) in [7, 11) is 0. The number of thiol groups is 1. The molecule has 6 heteroatoms. The van der Waals surface area contributed by atoms with Crippen molar-refractivity contribution in [3.63, 3.8) is 0 Å². The predicted molar refractivity (Wildman–Crippen MR) is 65.5 cm³/mol. The Bertz CT molecular complexity index is 592. The highest BCUT2D eigenvalue weighted by Gasteiger charge is 2.36. The molecule has 0 aliphatic carbocycles. The Hall–Kier alpha value is -0.980. The van der Waals surface area contributed by atoms with Crippen molar-refractivity contribution < 1.29 is 9.47 Å². The van der Waals surface area contributed by atoms with E-state index in [9.17, 15) is 0 Å². The highest BCUT2D eigenvalue weighted by Crippen LogP contribution is 2.49. The zero-order valence-electron chi connectivity index (χ0n) is 8.77. The zero-order chi connectivity index (χ0) is 11.5. The van der Waals surface area contributed by atoms with Crippen molar-refractivity contribution in [1.29, 1.82) is 0 Å². The SMILES string of the molecule is Cc1c2c(c3scnc3c1S)OC(C)(N)O2. The van der Waals surface area contributed by atoms with Gasteiger partial charge in [-0.2, -0.15) is 0 Å². The van der Waals surface area contributed by atoms with Gasteiger partial charge in [0.1, 0.15) is 4.70 Å². The van der Waals surface area contributed by atoms with Gasteiger partial charge in [0.25, 0.3) is 0 Å². The number of benzene rings is 1. The van der Waals surface area contributed by atoms with E-state index in [1.54, 1.807) is 12.4 Å². The van der Waals surface area contributed by atoms with Crippen LogP contribution in [0.4, 0.5) is 0 Å². The molecule has 1 atom stereocenters. The van der Waals surface area contributed by atoms with Crippen LogP contribution in [0.25, 0.3) is 10.2 Å². The molecule has 0 spiro atoms. The first-order chi connectivity index (χ1) is 7.49. The quantitative estimate of drug-likeness (QED) is 0.708. The molecule has 3 rings (SSSR count). The molecule has 0 radical (unpaired) electrons. The maximum Gasteiger partial charge on any atom is 0.307 e. The van der Waals surface area contributed by atoms with Crippen molar-refractivity contribution in [1.82, 2.24) is 4.98 Å². The average molecular weight is 254 g/mol. The second-order valence-corrected chi connectivity index (χ2v) is 5.18. The Labute approximate surface area is 102 Å². The summed E-state index contributed by atoms with van der Waals surface area (Å²) in [6, 6.07) is 0. The molecule has 16 heavy (non-hydrogen) atoms. The van der Waals surface area contributed by atoms with E-state index in [1.165, 1.54) is 11.3 Å². The van der Waals surface area contributed by atoms with E-state index in [1.807, 2.05) is 6.92 Å². The van der Waals surface area contributed by atoms with Crippen LogP contribution in [-0.4, -0.2) is 10.9 Å². The summed E-state index contributed by atoms with van der Waals surface area (Å²) < 4.78 is 12.1. The van der Waals surface area contributed by atoms with Gasteiger partial charge in [-0.05, 0) is 6.92 Å². The van der Waals surface area contributed by atoms with E-state index in [0.29, 0.717) is 11.5 Å². The smallest absolute Gasteiger partial charge is 0.307 e. The van der Waals surface area contributed by atoms with Gasteiger partial charge in [-0.3, -0.25) is 5.73 Å². The molecule has 1 aliphatic heterocycles. The lowest BCUT2D eigenvalue weighted by atomic mass is 10.2. The number of ether oxygens (including phenoxy) is 2. The molecule has 84 valence electrons. The van der Waals surface area contributed by atoms with E-state index in [-0.39, 0.29) is 0 Å². The lowest BCUT2D eigenvalue weighted by molar-refractivity contribution is -0.0548. The largest absolute Gasteiger partial charge is 0.436 e. The van der Waals surface area contributed by atoms with E-state index in [2.05, 4.69) is 17.6 Å². The first-order valence-corrected chi connectivity index (χ1v) is 6.08. The van der Waals surface area contributed by atoms with Gasteiger partial charge in [0.2, 0.25) is 0 Å². The number of nitrogens with two attached hydrogens (primary N) is 1. The molecule has 2 heterocycles. The summed E-state index contributed by atoms with van der Waals surface area (Å²) >= 11 is 5.95. The van der Waals surface area contributed by atoms with Crippen molar-refractivity contribution in [3.05, 3.63) is 11.1 Å². The minimum absolute atomic E-state index is 0.673. The van der Waals surface area contributed by atoms with Crippen molar-refractivity contribution in [2.24, 2.45) is 5.73 Å². The first kappa shape index (κ1) is 10.2. The first-order valence-electron chi connectivity index (χ1n) is 4.75. The topological polar surface area (TPSA) is 57.4 Å². The Morgan fingerprint density at radius 3 is 2.88 bits per heavy atom. The molecule has 0 amide bonds. The third-order valence-corrected chi connectivity index (χ3v) is 3.88. The zero-order valence-corrected chi connectivity index (χ0v) is 10.5. The number of hydrogen-bond acceptors (Lipinski definition) is 6. The summed E-state index contributed by atoms with van der Waals surface area (Å²) in [5, 5.41) is 0. The molecule has 2 N–H and O–H groups in total. The number of rotatable bonds is 0. The summed E-state index contributed by atoms with van der Waals surface area (Å²) in [6.07, 6.45) is 0. The van der Waals surface area contributed by atoms with E-state index in [0.717, 1.165) is 20.7 Å². The predicted octanol–water partition coefficient (Wildman–Crippen LogP) is 2.30. The summed E-state index contributed by atoms with van der Waals surface area (Å²) in [4.78, 5) is 5.09. The van der Waals surface area contributed by atoms with Gasteiger partial charge in [0.15, 0.2) is 11.5 Å². The summed E-state index contributed by atoms with van der Waals surface area (Å²) in [5.74, 6) is 0.246. The van der Waals surface area contributed by atoms with Gasteiger partial charge in [-0.1, -0.05) is 0 Å². The molecule has 1 aromatic heterocycles. The fraction of sp³-hybridized carbons (Fsp3) is 0.300. The maximum atomic E-state index is 5.82. The Kier molecular flexibility index (Phi) is 1.93. The Balaban J connectivity index is 2.40. The molecule has 1 unspecified atom stereocenters. The molecule has 4 nitrogen and oxygen atoms in total. The average Bonchev–Trinajstić information content (AvgIpc) is 2.77. The highest BCUT2D eigenvalue weighted by molar-refractivity contribution is 7.80. The minimum Gasteiger partial charge on any atom is -0.436 e. The van der Waals surface area contributed by atoms with E-state index < -0.39 is 5.91 Å². The monoisotopic (exact) mass is 254 g/mol.